The third-order valence-corrected chi connectivity index (χ3v) is 3.79. The van der Waals surface area contributed by atoms with E-state index in [0.717, 1.165) is 22.2 Å². The summed E-state index contributed by atoms with van der Waals surface area (Å²) in [5.41, 5.74) is 1.15. The van der Waals surface area contributed by atoms with E-state index in [-0.39, 0.29) is 11.2 Å². The van der Waals surface area contributed by atoms with Crippen LogP contribution in [0, 0.1) is 17.2 Å². The third-order valence-electron chi connectivity index (χ3n) is 2.69. The largest absolute Gasteiger partial charge is 0.405 e. The van der Waals surface area contributed by atoms with Crippen LogP contribution >= 0.6 is 11.8 Å². The molecule has 1 rings (SSSR count). The van der Waals surface area contributed by atoms with Crippen molar-refractivity contribution >= 4 is 11.8 Å². The molecule has 0 aromatic heterocycles. The smallest absolute Gasteiger partial charge is 0.198 e. The van der Waals surface area contributed by atoms with Gasteiger partial charge in [0.2, 0.25) is 0 Å². The fourth-order valence-corrected chi connectivity index (χ4v) is 2.39. The number of nitrogens with zero attached hydrogens (tertiary/aromatic N) is 1. The number of alkyl halides is 3. The molecule has 0 radical (unpaired) electrons. The summed E-state index contributed by atoms with van der Waals surface area (Å²) in [4.78, 5) is 0.748. The van der Waals surface area contributed by atoms with Crippen LogP contribution in [0.25, 0.3) is 0 Å². The summed E-state index contributed by atoms with van der Waals surface area (Å²) in [6.45, 7) is 6.22. The molecule has 0 bridgehead atoms. The van der Waals surface area contributed by atoms with Crippen molar-refractivity contribution < 1.29 is 13.2 Å². The van der Waals surface area contributed by atoms with Gasteiger partial charge in [0.1, 0.15) is 0 Å². The highest BCUT2D eigenvalue weighted by Crippen LogP contribution is 2.32. The van der Waals surface area contributed by atoms with Crippen molar-refractivity contribution in [2.75, 3.05) is 5.75 Å². The Labute approximate surface area is 115 Å². The van der Waals surface area contributed by atoms with Crippen LogP contribution < -0.4 is 0 Å². The van der Waals surface area contributed by atoms with E-state index in [2.05, 4.69) is 20.8 Å². The molecule has 0 fully saturated rings. The molecule has 0 heterocycles. The predicted octanol–water partition coefficient (Wildman–Crippen LogP) is 4.78. The Morgan fingerprint density at radius 3 is 2.05 bits per heavy atom. The summed E-state index contributed by atoms with van der Waals surface area (Å²) in [5.74, 6) is -2.19. The molecule has 0 aliphatic heterocycles. The van der Waals surface area contributed by atoms with Gasteiger partial charge < -0.3 is 0 Å². The van der Waals surface area contributed by atoms with Gasteiger partial charge in [-0.1, -0.05) is 32.9 Å². The first kappa shape index (κ1) is 15.9. The molecule has 0 aliphatic rings. The first-order valence-electron chi connectivity index (χ1n) is 5.84. The maximum absolute atomic E-state index is 12.4. The van der Waals surface area contributed by atoms with Crippen molar-refractivity contribution in [2.24, 2.45) is 5.92 Å². The standard InChI is InChI=1S/C14H16F3NS/c1-13(2,3)10-4-6-12(7-5-10)19-9-11(8-18)14(15,16)17/h4-7,11H,9H2,1-3H3. The number of thioether (sulfide) groups is 1. The summed E-state index contributed by atoms with van der Waals surface area (Å²) in [6, 6.07) is 8.73. The topological polar surface area (TPSA) is 23.8 Å². The van der Waals surface area contributed by atoms with E-state index in [1.807, 2.05) is 12.1 Å². The van der Waals surface area contributed by atoms with Gasteiger partial charge in [-0.3, -0.25) is 0 Å². The zero-order valence-corrected chi connectivity index (χ0v) is 11.9. The fourth-order valence-electron chi connectivity index (χ4n) is 1.44. The Balaban J connectivity index is 2.67. The summed E-state index contributed by atoms with van der Waals surface area (Å²) in [6.07, 6.45) is -4.45. The highest BCUT2D eigenvalue weighted by molar-refractivity contribution is 7.99. The van der Waals surface area contributed by atoms with Crippen LogP contribution in [0.4, 0.5) is 13.2 Å². The van der Waals surface area contributed by atoms with Gasteiger partial charge in [0.25, 0.3) is 0 Å². The van der Waals surface area contributed by atoms with E-state index in [9.17, 15) is 13.2 Å². The molecule has 1 aromatic rings. The number of halogens is 3. The lowest BCUT2D eigenvalue weighted by atomic mass is 9.87. The van der Waals surface area contributed by atoms with Crippen LogP contribution in [-0.4, -0.2) is 11.9 Å². The van der Waals surface area contributed by atoms with E-state index in [1.165, 1.54) is 6.07 Å². The molecule has 0 spiro atoms. The molecule has 0 saturated carbocycles. The maximum atomic E-state index is 12.4. The zero-order chi connectivity index (χ0) is 14.7. The molecule has 1 atom stereocenters. The van der Waals surface area contributed by atoms with Crippen LogP contribution in [0.2, 0.25) is 0 Å². The van der Waals surface area contributed by atoms with Crippen molar-refractivity contribution in [1.82, 2.24) is 0 Å². The Morgan fingerprint density at radius 1 is 1.16 bits per heavy atom. The van der Waals surface area contributed by atoms with E-state index in [4.69, 9.17) is 5.26 Å². The monoisotopic (exact) mass is 287 g/mol. The van der Waals surface area contributed by atoms with E-state index < -0.39 is 12.1 Å². The summed E-state index contributed by atoms with van der Waals surface area (Å²) >= 11 is 1.06. The Kier molecular flexibility index (Phi) is 4.92. The van der Waals surface area contributed by atoms with Crippen molar-refractivity contribution in [2.45, 2.75) is 37.3 Å². The molecular formula is C14H16F3NS. The minimum atomic E-state index is -4.45. The zero-order valence-electron chi connectivity index (χ0n) is 11.1. The molecule has 0 N–H and O–H groups in total. The van der Waals surface area contributed by atoms with Crippen molar-refractivity contribution in [1.29, 1.82) is 5.26 Å². The van der Waals surface area contributed by atoms with Gasteiger partial charge in [0.15, 0.2) is 5.92 Å². The van der Waals surface area contributed by atoms with Gasteiger partial charge in [-0.15, -0.1) is 11.8 Å². The minimum Gasteiger partial charge on any atom is -0.198 e. The lowest BCUT2D eigenvalue weighted by Gasteiger charge is -2.19. The molecule has 0 aliphatic carbocycles. The quantitative estimate of drug-likeness (QED) is 0.747. The summed E-state index contributed by atoms with van der Waals surface area (Å²) in [7, 11) is 0. The molecule has 0 saturated heterocycles. The average Bonchev–Trinajstić information content (AvgIpc) is 2.27. The summed E-state index contributed by atoms with van der Waals surface area (Å²) < 4.78 is 37.2. The van der Waals surface area contributed by atoms with Gasteiger partial charge in [0.05, 0.1) is 6.07 Å². The Morgan fingerprint density at radius 2 is 1.68 bits per heavy atom. The van der Waals surface area contributed by atoms with Crippen LogP contribution in [0.1, 0.15) is 26.3 Å². The molecule has 19 heavy (non-hydrogen) atoms. The number of nitriles is 1. The highest BCUT2D eigenvalue weighted by Gasteiger charge is 2.39. The number of hydrogen-bond acceptors (Lipinski definition) is 2. The second kappa shape index (κ2) is 5.87. The normalized spacial score (nSPS) is 13.9. The second-order valence-corrected chi connectivity index (χ2v) is 6.40. The van der Waals surface area contributed by atoms with Gasteiger partial charge in [-0.2, -0.15) is 18.4 Å². The predicted molar refractivity (Wildman–Crippen MR) is 71.0 cm³/mol. The number of rotatable bonds is 3. The van der Waals surface area contributed by atoms with Crippen LogP contribution in [0.15, 0.2) is 29.2 Å². The summed E-state index contributed by atoms with van der Waals surface area (Å²) in [5, 5.41) is 8.51. The molecule has 104 valence electrons. The fraction of sp³-hybridized carbons (Fsp3) is 0.500. The maximum Gasteiger partial charge on any atom is 0.405 e. The molecule has 1 nitrogen and oxygen atoms in total. The average molecular weight is 287 g/mol. The van der Waals surface area contributed by atoms with Crippen LogP contribution in [0.5, 0.6) is 0 Å². The number of hydrogen-bond donors (Lipinski definition) is 0. The highest BCUT2D eigenvalue weighted by atomic mass is 32.2. The lowest BCUT2D eigenvalue weighted by molar-refractivity contribution is -0.152. The van der Waals surface area contributed by atoms with Crippen molar-refractivity contribution in [3.05, 3.63) is 29.8 Å². The first-order valence-corrected chi connectivity index (χ1v) is 6.83. The SMILES string of the molecule is CC(C)(C)c1ccc(SCC(C#N)C(F)(F)F)cc1. The molecular weight excluding hydrogens is 271 g/mol. The van der Waals surface area contributed by atoms with Crippen molar-refractivity contribution in [3.8, 4) is 6.07 Å². The lowest BCUT2D eigenvalue weighted by Crippen LogP contribution is -2.23. The van der Waals surface area contributed by atoms with E-state index in [0.29, 0.717) is 0 Å². The van der Waals surface area contributed by atoms with Gasteiger partial charge in [-0.05, 0) is 23.1 Å². The van der Waals surface area contributed by atoms with Crippen molar-refractivity contribution in [3.63, 3.8) is 0 Å². The molecule has 1 aromatic carbocycles. The Hall–Kier alpha value is -1.15. The molecule has 1 unspecified atom stereocenters. The van der Waals surface area contributed by atoms with E-state index >= 15 is 0 Å². The van der Waals surface area contributed by atoms with Crippen LogP contribution in [0.3, 0.4) is 0 Å². The Bertz CT molecular complexity index is 452. The van der Waals surface area contributed by atoms with Gasteiger partial charge >= 0.3 is 6.18 Å². The minimum absolute atomic E-state index is 0.0182. The first-order chi connectivity index (χ1) is 8.64. The number of benzene rings is 1. The third kappa shape index (κ3) is 4.79. The van der Waals surface area contributed by atoms with Gasteiger partial charge in [0, 0.05) is 10.6 Å². The van der Waals surface area contributed by atoms with Gasteiger partial charge in [-0.25, -0.2) is 0 Å². The molecule has 5 heteroatoms. The van der Waals surface area contributed by atoms with Crippen LogP contribution in [-0.2, 0) is 5.41 Å². The molecule has 0 amide bonds. The second-order valence-electron chi connectivity index (χ2n) is 5.31. The van der Waals surface area contributed by atoms with E-state index in [1.54, 1.807) is 12.1 Å².